The minimum atomic E-state index is -1.07. The SMILES string of the molecule is O=C(NCCc1nc(C(=O)O)cs1)c1cc[nH]c(=O)c1. The molecule has 0 aromatic carbocycles. The molecule has 0 aliphatic carbocycles. The minimum Gasteiger partial charge on any atom is -0.476 e. The Hall–Kier alpha value is -2.48. The first-order chi connectivity index (χ1) is 9.56. The van der Waals surface area contributed by atoms with Gasteiger partial charge in [0.1, 0.15) is 0 Å². The fourth-order valence-electron chi connectivity index (χ4n) is 1.49. The third-order valence-electron chi connectivity index (χ3n) is 2.43. The zero-order chi connectivity index (χ0) is 14.5. The standard InChI is InChI=1S/C12H11N3O4S/c16-9-5-7(1-3-13-9)11(17)14-4-2-10-15-8(6-20-10)12(18)19/h1,3,5-6H,2,4H2,(H,13,16)(H,14,17)(H,18,19). The number of rotatable bonds is 5. The molecule has 104 valence electrons. The van der Waals surface area contributed by atoms with E-state index in [-0.39, 0.29) is 22.7 Å². The molecule has 1 amide bonds. The lowest BCUT2D eigenvalue weighted by atomic mass is 10.2. The van der Waals surface area contributed by atoms with Crippen molar-refractivity contribution in [1.82, 2.24) is 15.3 Å². The summed E-state index contributed by atoms with van der Waals surface area (Å²) in [4.78, 5) is 39.8. The van der Waals surface area contributed by atoms with E-state index >= 15 is 0 Å². The maximum Gasteiger partial charge on any atom is 0.355 e. The van der Waals surface area contributed by atoms with Crippen molar-refractivity contribution in [2.75, 3.05) is 6.54 Å². The van der Waals surface area contributed by atoms with Gasteiger partial charge in [0.2, 0.25) is 5.56 Å². The van der Waals surface area contributed by atoms with E-state index in [1.165, 1.54) is 35.0 Å². The summed E-state index contributed by atoms with van der Waals surface area (Å²) >= 11 is 1.23. The molecular formula is C12H11N3O4S. The third kappa shape index (κ3) is 3.51. The van der Waals surface area contributed by atoms with E-state index in [0.29, 0.717) is 18.0 Å². The molecule has 20 heavy (non-hydrogen) atoms. The Morgan fingerprint density at radius 1 is 1.45 bits per heavy atom. The molecule has 2 aromatic rings. The quantitative estimate of drug-likeness (QED) is 0.743. The van der Waals surface area contributed by atoms with Crippen LogP contribution in [-0.4, -0.2) is 33.5 Å². The number of thiazole rings is 1. The zero-order valence-corrected chi connectivity index (χ0v) is 11.1. The van der Waals surface area contributed by atoms with Crippen LogP contribution in [0.1, 0.15) is 25.9 Å². The molecule has 0 atom stereocenters. The molecule has 2 rings (SSSR count). The first kappa shape index (κ1) is 13.9. The molecule has 0 aliphatic heterocycles. The van der Waals surface area contributed by atoms with Crippen molar-refractivity contribution >= 4 is 23.2 Å². The molecule has 0 spiro atoms. The molecule has 7 nitrogen and oxygen atoms in total. The molecule has 0 aliphatic rings. The number of pyridine rings is 1. The summed E-state index contributed by atoms with van der Waals surface area (Å²) in [7, 11) is 0. The number of aromatic nitrogens is 2. The molecule has 0 radical (unpaired) electrons. The topological polar surface area (TPSA) is 112 Å². The highest BCUT2D eigenvalue weighted by Gasteiger charge is 2.09. The number of nitrogens with one attached hydrogen (secondary N) is 2. The first-order valence-electron chi connectivity index (χ1n) is 5.71. The van der Waals surface area contributed by atoms with Crippen LogP contribution in [0.15, 0.2) is 28.5 Å². The Balaban J connectivity index is 1.87. The van der Waals surface area contributed by atoms with Gasteiger partial charge in [-0.3, -0.25) is 9.59 Å². The van der Waals surface area contributed by atoms with E-state index < -0.39 is 5.97 Å². The van der Waals surface area contributed by atoms with Crippen LogP contribution < -0.4 is 10.9 Å². The summed E-state index contributed by atoms with van der Waals surface area (Å²) in [5.41, 5.74) is -0.0614. The van der Waals surface area contributed by atoms with Gasteiger partial charge in [-0.15, -0.1) is 11.3 Å². The number of aromatic carboxylic acids is 1. The molecular weight excluding hydrogens is 282 g/mol. The van der Waals surface area contributed by atoms with Gasteiger partial charge in [0, 0.05) is 36.2 Å². The monoisotopic (exact) mass is 293 g/mol. The Labute approximate surface area is 117 Å². The predicted molar refractivity (Wildman–Crippen MR) is 72.2 cm³/mol. The summed E-state index contributed by atoms with van der Waals surface area (Å²) in [5, 5.41) is 13.5. The van der Waals surface area contributed by atoms with Crippen LogP contribution in [0.25, 0.3) is 0 Å². The molecule has 3 N–H and O–H groups in total. The van der Waals surface area contributed by atoms with Gasteiger partial charge in [-0.2, -0.15) is 0 Å². The van der Waals surface area contributed by atoms with Crippen molar-refractivity contribution in [3.8, 4) is 0 Å². The van der Waals surface area contributed by atoms with Crippen LogP contribution in [-0.2, 0) is 6.42 Å². The van der Waals surface area contributed by atoms with Crippen molar-refractivity contribution in [3.05, 3.63) is 50.3 Å². The number of aromatic amines is 1. The van der Waals surface area contributed by atoms with E-state index in [1.54, 1.807) is 0 Å². The summed E-state index contributed by atoms with van der Waals surface area (Å²) < 4.78 is 0. The highest BCUT2D eigenvalue weighted by molar-refractivity contribution is 7.09. The molecule has 8 heteroatoms. The average Bonchev–Trinajstić information content (AvgIpc) is 2.87. The molecule has 0 saturated carbocycles. The number of carboxylic acid groups (broad SMARTS) is 1. The van der Waals surface area contributed by atoms with Crippen LogP contribution in [0.2, 0.25) is 0 Å². The molecule has 2 heterocycles. The second kappa shape index (κ2) is 6.11. The Bertz CT molecular complexity index is 692. The van der Waals surface area contributed by atoms with Gasteiger partial charge in [0.05, 0.1) is 5.01 Å². The lowest BCUT2D eigenvalue weighted by Crippen LogP contribution is -2.26. The lowest BCUT2D eigenvalue weighted by molar-refractivity contribution is 0.0690. The van der Waals surface area contributed by atoms with Crippen molar-refractivity contribution in [3.63, 3.8) is 0 Å². The lowest BCUT2D eigenvalue weighted by Gasteiger charge is -2.03. The molecule has 2 aromatic heterocycles. The van der Waals surface area contributed by atoms with E-state index in [1.807, 2.05) is 0 Å². The summed E-state index contributed by atoms with van der Waals surface area (Å²) in [6.45, 7) is 0.318. The molecule has 0 bridgehead atoms. The number of carboxylic acids is 1. The van der Waals surface area contributed by atoms with Gasteiger partial charge in [-0.25, -0.2) is 9.78 Å². The van der Waals surface area contributed by atoms with Gasteiger partial charge in [0.15, 0.2) is 5.69 Å². The average molecular weight is 293 g/mol. The first-order valence-corrected chi connectivity index (χ1v) is 6.59. The number of H-pyrrole nitrogens is 1. The Kier molecular flexibility index (Phi) is 4.26. The van der Waals surface area contributed by atoms with Crippen LogP contribution in [0, 0.1) is 0 Å². The van der Waals surface area contributed by atoms with Crippen LogP contribution in [0.3, 0.4) is 0 Å². The number of amides is 1. The number of nitrogens with zero attached hydrogens (tertiary/aromatic N) is 1. The van der Waals surface area contributed by atoms with Crippen molar-refractivity contribution in [2.45, 2.75) is 6.42 Å². The maximum atomic E-state index is 11.7. The predicted octanol–water partition coefficient (Wildman–Crippen LogP) is 0.502. The second-order valence-corrected chi connectivity index (χ2v) is 4.82. The number of carbonyl (C=O) groups is 2. The summed E-state index contributed by atoms with van der Waals surface area (Å²) in [5.74, 6) is -1.42. The molecule has 0 unspecified atom stereocenters. The molecule has 0 fully saturated rings. The van der Waals surface area contributed by atoms with Crippen LogP contribution in [0.4, 0.5) is 0 Å². The van der Waals surface area contributed by atoms with Gasteiger partial charge in [0.25, 0.3) is 5.91 Å². The van der Waals surface area contributed by atoms with Crippen LogP contribution >= 0.6 is 11.3 Å². The highest BCUT2D eigenvalue weighted by Crippen LogP contribution is 2.09. The number of hydrogen-bond donors (Lipinski definition) is 3. The third-order valence-corrected chi connectivity index (χ3v) is 3.34. The van der Waals surface area contributed by atoms with Crippen molar-refractivity contribution in [2.24, 2.45) is 0 Å². The van der Waals surface area contributed by atoms with E-state index in [4.69, 9.17) is 5.11 Å². The fraction of sp³-hybridized carbons (Fsp3) is 0.167. The minimum absolute atomic E-state index is 0.00548. The normalized spacial score (nSPS) is 10.2. The Morgan fingerprint density at radius 2 is 2.25 bits per heavy atom. The Morgan fingerprint density at radius 3 is 2.90 bits per heavy atom. The smallest absolute Gasteiger partial charge is 0.355 e. The van der Waals surface area contributed by atoms with Gasteiger partial charge in [-0.05, 0) is 6.07 Å². The van der Waals surface area contributed by atoms with Gasteiger partial charge >= 0.3 is 5.97 Å². The summed E-state index contributed by atoms with van der Waals surface area (Å²) in [6.07, 6.45) is 1.84. The second-order valence-electron chi connectivity index (χ2n) is 3.88. The fourth-order valence-corrected chi connectivity index (χ4v) is 2.27. The number of carbonyl (C=O) groups excluding carboxylic acids is 1. The largest absolute Gasteiger partial charge is 0.476 e. The van der Waals surface area contributed by atoms with E-state index in [2.05, 4.69) is 15.3 Å². The van der Waals surface area contributed by atoms with Gasteiger partial charge < -0.3 is 15.4 Å². The molecule has 0 saturated heterocycles. The maximum absolute atomic E-state index is 11.7. The number of hydrogen-bond acceptors (Lipinski definition) is 5. The van der Waals surface area contributed by atoms with E-state index in [0.717, 1.165) is 0 Å². The van der Waals surface area contributed by atoms with Crippen molar-refractivity contribution in [1.29, 1.82) is 0 Å². The van der Waals surface area contributed by atoms with Crippen molar-refractivity contribution < 1.29 is 14.7 Å². The zero-order valence-electron chi connectivity index (χ0n) is 10.3. The summed E-state index contributed by atoms with van der Waals surface area (Å²) in [6, 6.07) is 2.71. The van der Waals surface area contributed by atoms with E-state index in [9.17, 15) is 14.4 Å². The van der Waals surface area contributed by atoms with Crippen LogP contribution in [0.5, 0.6) is 0 Å². The highest BCUT2D eigenvalue weighted by atomic mass is 32.1. The van der Waals surface area contributed by atoms with Gasteiger partial charge in [-0.1, -0.05) is 0 Å².